The van der Waals surface area contributed by atoms with Crippen LogP contribution >= 0.6 is 0 Å². The fourth-order valence-corrected chi connectivity index (χ4v) is 2.63. The first-order valence-corrected chi connectivity index (χ1v) is 8.77. The molecule has 0 saturated heterocycles. The standard InChI is InChI=1S/C21H26N2O4/c1-14-5-6-15(2)17(11-14)23-21(25)13-22-20(24)10-8-16-7-9-18(26-3)19(12-16)27-4/h5-7,9,11-12H,8,10,13H2,1-4H3,(H,22,24)(H,23,25). The van der Waals surface area contributed by atoms with E-state index in [-0.39, 0.29) is 24.8 Å². The van der Waals surface area contributed by atoms with Gasteiger partial charge in [-0.2, -0.15) is 0 Å². The number of rotatable bonds is 8. The number of hydrogen-bond acceptors (Lipinski definition) is 4. The lowest BCUT2D eigenvalue weighted by Gasteiger charge is -2.11. The second-order valence-electron chi connectivity index (χ2n) is 6.33. The lowest BCUT2D eigenvalue weighted by Crippen LogP contribution is -2.33. The number of benzene rings is 2. The quantitative estimate of drug-likeness (QED) is 0.749. The molecule has 0 aliphatic heterocycles. The smallest absolute Gasteiger partial charge is 0.243 e. The number of carbonyl (C=O) groups is 2. The van der Waals surface area contributed by atoms with Crippen LogP contribution in [0.1, 0.15) is 23.1 Å². The molecule has 2 aromatic rings. The SMILES string of the molecule is COc1ccc(CCC(=O)NCC(=O)Nc2cc(C)ccc2C)cc1OC. The van der Waals surface area contributed by atoms with Crippen LogP contribution < -0.4 is 20.1 Å². The van der Waals surface area contributed by atoms with Gasteiger partial charge in [0.25, 0.3) is 0 Å². The van der Waals surface area contributed by atoms with Crippen molar-refractivity contribution in [1.82, 2.24) is 5.32 Å². The van der Waals surface area contributed by atoms with Gasteiger partial charge in [-0.1, -0.05) is 18.2 Å². The van der Waals surface area contributed by atoms with Gasteiger partial charge in [-0.05, 0) is 55.2 Å². The average molecular weight is 370 g/mol. The average Bonchev–Trinajstić information content (AvgIpc) is 2.67. The predicted octanol–water partition coefficient (Wildman–Crippen LogP) is 3.01. The molecule has 0 atom stereocenters. The molecule has 2 amide bonds. The minimum Gasteiger partial charge on any atom is -0.493 e. The third kappa shape index (κ3) is 6.02. The summed E-state index contributed by atoms with van der Waals surface area (Å²) in [6.07, 6.45) is 0.830. The number of methoxy groups -OCH3 is 2. The minimum absolute atomic E-state index is 0.0574. The van der Waals surface area contributed by atoms with Gasteiger partial charge in [0.2, 0.25) is 11.8 Å². The number of amides is 2. The van der Waals surface area contributed by atoms with E-state index in [1.807, 2.05) is 50.2 Å². The topological polar surface area (TPSA) is 76.7 Å². The first-order valence-electron chi connectivity index (χ1n) is 8.77. The summed E-state index contributed by atoms with van der Waals surface area (Å²) < 4.78 is 10.5. The number of anilines is 1. The number of carbonyl (C=O) groups excluding carboxylic acids is 2. The second-order valence-corrected chi connectivity index (χ2v) is 6.33. The van der Waals surface area contributed by atoms with Gasteiger partial charge in [0.05, 0.1) is 20.8 Å². The van der Waals surface area contributed by atoms with Crippen molar-refractivity contribution < 1.29 is 19.1 Å². The lowest BCUT2D eigenvalue weighted by atomic mass is 10.1. The maximum Gasteiger partial charge on any atom is 0.243 e. The maximum atomic E-state index is 12.1. The first kappa shape index (κ1) is 20.3. The van der Waals surface area contributed by atoms with Crippen molar-refractivity contribution in [3.63, 3.8) is 0 Å². The van der Waals surface area contributed by atoms with Crippen molar-refractivity contribution in [2.45, 2.75) is 26.7 Å². The van der Waals surface area contributed by atoms with E-state index in [1.165, 1.54) is 0 Å². The Bertz CT molecular complexity index is 818. The van der Waals surface area contributed by atoms with Crippen LogP contribution in [0.3, 0.4) is 0 Å². The summed E-state index contributed by atoms with van der Waals surface area (Å²) in [7, 11) is 3.15. The van der Waals surface area contributed by atoms with Crippen molar-refractivity contribution in [2.24, 2.45) is 0 Å². The summed E-state index contributed by atoms with van der Waals surface area (Å²) in [4.78, 5) is 24.1. The lowest BCUT2D eigenvalue weighted by molar-refractivity contribution is -0.124. The summed E-state index contributed by atoms with van der Waals surface area (Å²) in [5.41, 5.74) is 3.77. The van der Waals surface area contributed by atoms with E-state index >= 15 is 0 Å². The molecule has 0 aliphatic carbocycles. The number of nitrogens with one attached hydrogen (secondary N) is 2. The molecule has 6 nitrogen and oxygen atoms in total. The number of aryl methyl sites for hydroxylation is 3. The van der Waals surface area contributed by atoms with Crippen LogP contribution in [0.2, 0.25) is 0 Å². The Morgan fingerprint density at radius 3 is 2.37 bits per heavy atom. The molecule has 0 bridgehead atoms. The van der Waals surface area contributed by atoms with Crippen LogP contribution in [0.5, 0.6) is 11.5 Å². The Morgan fingerprint density at radius 1 is 0.926 bits per heavy atom. The first-order chi connectivity index (χ1) is 12.9. The summed E-state index contributed by atoms with van der Waals surface area (Å²) in [5, 5.41) is 5.48. The molecule has 6 heteroatoms. The predicted molar refractivity (Wildman–Crippen MR) is 105 cm³/mol. The van der Waals surface area contributed by atoms with Crippen molar-refractivity contribution in [3.8, 4) is 11.5 Å². The molecular weight excluding hydrogens is 344 g/mol. The van der Waals surface area contributed by atoms with Crippen molar-refractivity contribution in [3.05, 3.63) is 53.1 Å². The number of hydrogen-bond donors (Lipinski definition) is 2. The van der Waals surface area contributed by atoms with Crippen LogP contribution in [0.4, 0.5) is 5.69 Å². The zero-order valence-electron chi connectivity index (χ0n) is 16.2. The molecule has 27 heavy (non-hydrogen) atoms. The highest BCUT2D eigenvalue weighted by Gasteiger charge is 2.09. The summed E-state index contributed by atoms with van der Waals surface area (Å²) in [6.45, 7) is 3.83. The summed E-state index contributed by atoms with van der Waals surface area (Å²) >= 11 is 0. The van der Waals surface area contributed by atoms with Gasteiger partial charge < -0.3 is 20.1 Å². The van der Waals surface area contributed by atoms with Crippen LogP contribution in [-0.4, -0.2) is 32.6 Å². The molecule has 0 aromatic heterocycles. The summed E-state index contributed by atoms with van der Waals surface area (Å²) in [6, 6.07) is 11.4. The van der Waals surface area contributed by atoms with Gasteiger partial charge in [-0.15, -0.1) is 0 Å². The van der Waals surface area contributed by atoms with Crippen molar-refractivity contribution in [1.29, 1.82) is 0 Å². The monoisotopic (exact) mass is 370 g/mol. The van der Waals surface area contributed by atoms with Gasteiger partial charge in [0, 0.05) is 12.1 Å². The Morgan fingerprint density at radius 2 is 1.67 bits per heavy atom. The third-order valence-electron chi connectivity index (χ3n) is 4.20. The molecule has 144 valence electrons. The largest absolute Gasteiger partial charge is 0.493 e. The van der Waals surface area contributed by atoms with E-state index in [0.717, 1.165) is 22.4 Å². The molecule has 0 saturated carbocycles. The van der Waals surface area contributed by atoms with Crippen LogP contribution in [-0.2, 0) is 16.0 Å². The van der Waals surface area contributed by atoms with Crippen molar-refractivity contribution >= 4 is 17.5 Å². The van der Waals surface area contributed by atoms with Gasteiger partial charge in [0.1, 0.15) is 0 Å². The zero-order valence-corrected chi connectivity index (χ0v) is 16.2. The Kier molecular flexibility index (Phi) is 7.23. The second kappa shape index (κ2) is 9.62. The Balaban J connectivity index is 1.80. The van der Waals surface area contributed by atoms with Crippen LogP contribution in [0, 0.1) is 13.8 Å². The Hall–Kier alpha value is -3.02. The Labute approximate surface area is 159 Å². The molecule has 2 N–H and O–H groups in total. The van der Waals surface area contributed by atoms with E-state index in [0.29, 0.717) is 17.9 Å². The van der Waals surface area contributed by atoms with E-state index in [1.54, 1.807) is 14.2 Å². The summed E-state index contributed by atoms with van der Waals surface area (Å²) in [5.74, 6) is 0.848. The normalized spacial score (nSPS) is 10.2. The van der Waals surface area contributed by atoms with E-state index in [4.69, 9.17) is 9.47 Å². The highest BCUT2D eigenvalue weighted by Crippen LogP contribution is 2.27. The number of ether oxygens (including phenoxy) is 2. The minimum atomic E-state index is -0.247. The highest BCUT2D eigenvalue weighted by atomic mass is 16.5. The zero-order chi connectivity index (χ0) is 19.8. The van der Waals surface area contributed by atoms with E-state index in [2.05, 4.69) is 10.6 Å². The molecule has 0 spiro atoms. The fraction of sp³-hybridized carbons (Fsp3) is 0.333. The van der Waals surface area contributed by atoms with Crippen LogP contribution in [0.25, 0.3) is 0 Å². The van der Waals surface area contributed by atoms with Crippen LogP contribution in [0.15, 0.2) is 36.4 Å². The van der Waals surface area contributed by atoms with Gasteiger partial charge in [-0.25, -0.2) is 0 Å². The fourth-order valence-electron chi connectivity index (χ4n) is 2.63. The molecule has 0 aliphatic rings. The van der Waals surface area contributed by atoms with Gasteiger partial charge in [0.15, 0.2) is 11.5 Å². The molecule has 0 fully saturated rings. The molecule has 0 unspecified atom stereocenters. The van der Waals surface area contributed by atoms with E-state index < -0.39 is 0 Å². The molecule has 2 aromatic carbocycles. The maximum absolute atomic E-state index is 12.1. The van der Waals surface area contributed by atoms with Gasteiger partial charge in [-0.3, -0.25) is 9.59 Å². The molecule has 0 heterocycles. The highest BCUT2D eigenvalue weighted by molar-refractivity contribution is 5.95. The van der Waals surface area contributed by atoms with E-state index in [9.17, 15) is 9.59 Å². The molecule has 0 radical (unpaired) electrons. The van der Waals surface area contributed by atoms with Gasteiger partial charge >= 0.3 is 0 Å². The molecule has 2 rings (SSSR count). The van der Waals surface area contributed by atoms with Crippen molar-refractivity contribution in [2.75, 3.05) is 26.1 Å². The third-order valence-corrected chi connectivity index (χ3v) is 4.20. The molecular formula is C21H26N2O4.